The highest BCUT2D eigenvalue weighted by Gasteiger charge is 2.68. The highest BCUT2D eigenvalue weighted by molar-refractivity contribution is 5.77. The average Bonchev–Trinajstić information content (AvgIpc) is 0.716. The summed E-state index contributed by atoms with van der Waals surface area (Å²) in [5.41, 5.74) is -1.67. The quantitative estimate of drug-likeness (QED) is 0.0365. The highest BCUT2D eigenvalue weighted by atomic mass is 16.8. The van der Waals surface area contributed by atoms with Crippen LogP contribution in [0.5, 0.6) is 0 Å². The topological polar surface area (TPSA) is 512 Å². The highest BCUT2D eigenvalue weighted by Crippen LogP contribution is 2.72. The smallest absolute Gasteiger partial charge is 0.314 e. The third-order valence-electron chi connectivity index (χ3n) is 21.2. The first-order valence-corrected chi connectivity index (χ1v) is 30.3. The van der Waals surface area contributed by atoms with Crippen molar-refractivity contribution in [2.75, 3.05) is 33.0 Å². The Morgan fingerprint density at radius 1 is 0.466 bits per heavy atom. The lowest BCUT2D eigenvalue weighted by Crippen LogP contribution is -2.68. The maximum absolute atomic E-state index is 15.4. The van der Waals surface area contributed by atoms with Crippen LogP contribution in [-0.4, -0.2) is 326 Å². The number of fused-ring (bicyclic) bond motifs is 3. The van der Waals surface area contributed by atoms with Crippen molar-refractivity contribution in [3.05, 3.63) is 12.2 Å². The van der Waals surface area contributed by atoms with Crippen LogP contribution in [0.1, 0.15) is 72.1 Å². The molecule has 6 heterocycles. The summed E-state index contributed by atoms with van der Waals surface area (Å²) in [6.45, 7) is 5.41. The Balaban J connectivity index is 0.916. The van der Waals surface area contributed by atoms with E-state index in [1.165, 1.54) is 6.92 Å². The molecule has 11 aliphatic rings. The Bertz CT molecular complexity index is 2360. The number of aliphatic hydroxyl groups excluding tert-OH is 19. The average molecular weight is 1280 g/mol. The van der Waals surface area contributed by atoms with Gasteiger partial charge in [-0.3, -0.25) is 4.79 Å². The van der Waals surface area contributed by atoms with Crippen LogP contribution in [0.4, 0.5) is 0 Å². The number of carbonyl (C=O) groups excluding carboxylic acids is 1. The molecule has 0 radical (unpaired) electrons. The first-order valence-electron chi connectivity index (χ1n) is 30.3. The van der Waals surface area contributed by atoms with Crippen molar-refractivity contribution in [3.8, 4) is 0 Å². The summed E-state index contributed by atoms with van der Waals surface area (Å²) in [6.07, 6.45) is -50.8. The minimum Gasteiger partial charge on any atom is -0.432 e. The van der Waals surface area contributed by atoms with E-state index in [1.807, 2.05) is 0 Å². The largest absolute Gasteiger partial charge is 0.432 e. The summed E-state index contributed by atoms with van der Waals surface area (Å²) < 4.78 is 72.9. The lowest BCUT2D eigenvalue weighted by molar-refractivity contribution is -0.398. The summed E-state index contributed by atoms with van der Waals surface area (Å²) >= 11 is 0. The van der Waals surface area contributed by atoms with Crippen LogP contribution in [0, 0.1) is 34.0 Å². The molecule has 5 saturated carbocycles. The summed E-state index contributed by atoms with van der Waals surface area (Å²) in [5.74, 6) is -1.78. The number of aliphatic hydroxyl groups is 19. The van der Waals surface area contributed by atoms with Crippen molar-refractivity contribution in [1.29, 1.82) is 0 Å². The zero-order valence-electron chi connectivity index (χ0n) is 48.8. The second-order valence-electron chi connectivity index (χ2n) is 26.4. The molecule has 11 fully saturated rings. The van der Waals surface area contributed by atoms with Gasteiger partial charge in [0.2, 0.25) is 6.29 Å². The molecule has 19 N–H and O–H groups in total. The summed E-state index contributed by atoms with van der Waals surface area (Å²) in [4.78, 5) is 15.4. The van der Waals surface area contributed by atoms with E-state index in [1.54, 1.807) is 6.92 Å². The Morgan fingerprint density at radius 2 is 0.864 bits per heavy atom. The summed E-state index contributed by atoms with van der Waals surface area (Å²) in [7, 11) is 0. The molecule has 11 rings (SSSR count). The second kappa shape index (κ2) is 27.0. The van der Waals surface area contributed by atoms with Gasteiger partial charge in [-0.05, 0) is 81.5 Å². The third-order valence-corrected chi connectivity index (χ3v) is 21.2. The monoisotopic (exact) mass is 1270 g/mol. The molecule has 0 aromatic rings. The van der Waals surface area contributed by atoms with Gasteiger partial charge in [0.05, 0.1) is 50.7 Å². The number of rotatable bonds is 17. The normalized spacial score (nSPS) is 55.0. The molecule has 0 aromatic carbocycles. The van der Waals surface area contributed by atoms with Gasteiger partial charge in [-0.1, -0.05) is 25.5 Å². The molecule has 5 aliphatic carbocycles. The van der Waals surface area contributed by atoms with Crippen molar-refractivity contribution in [1.82, 2.24) is 0 Å². The molecule has 88 heavy (non-hydrogen) atoms. The molecule has 1 spiro atoms. The minimum absolute atomic E-state index is 0.120. The third kappa shape index (κ3) is 12.2. The molecule has 0 amide bonds. The van der Waals surface area contributed by atoms with Gasteiger partial charge in [0.15, 0.2) is 37.6 Å². The van der Waals surface area contributed by atoms with Gasteiger partial charge in [0.1, 0.15) is 134 Å². The van der Waals surface area contributed by atoms with Crippen LogP contribution in [0.3, 0.4) is 0 Å². The van der Waals surface area contributed by atoms with Gasteiger partial charge < -0.3 is 154 Å². The van der Waals surface area contributed by atoms with Crippen molar-refractivity contribution >= 4 is 5.97 Å². The number of esters is 1. The van der Waals surface area contributed by atoms with E-state index in [0.29, 0.717) is 51.4 Å². The molecule has 31 unspecified atom stereocenters. The van der Waals surface area contributed by atoms with Crippen LogP contribution in [0.25, 0.3) is 0 Å². The van der Waals surface area contributed by atoms with Gasteiger partial charge >= 0.3 is 5.97 Å². The molecule has 0 aromatic heterocycles. The van der Waals surface area contributed by atoms with E-state index in [4.69, 9.17) is 56.8 Å². The maximum Gasteiger partial charge on any atom is 0.314 e. The molecule has 32 heteroatoms. The Hall–Kier alpha value is -1.99. The number of ether oxygens (including phenoxy) is 12. The van der Waals surface area contributed by atoms with E-state index in [2.05, 4.69) is 13.5 Å². The van der Waals surface area contributed by atoms with Gasteiger partial charge in [-0.2, -0.15) is 0 Å². The molecule has 32 nitrogen and oxygen atoms in total. The predicted molar refractivity (Wildman–Crippen MR) is 283 cm³/mol. The first-order chi connectivity index (χ1) is 41.6. The molecule has 6 aliphatic heterocycles. The summed E-state index contributed by atoms with van der Waals surface area (Å²) in [6, 6.07) is 0. The number of hydrogen-bond acceptors (Lipinski definition) is 32. The SMILES string of the molecule is C=C1C[C@@]23CC[C@H]4[C@@](C)(CCC[C@@]4(C)C(=O)OC4OC(CO)C(O)C(OC5OC(CO)C(O)C(O)C5O)C4OC4OC(C)C(O)C(O)C4O)[C@@H]2C[C@@H]1C(OC1OC(CO)C(O)C(OC2OC(CO)C(O)C(O)C2O)C1OC1OC(CO)C(O)C(O)C1O)C3. The lowest BCUT2D eigenvalue weighted by atomic mass is 9.36. The van der Waals surface area contributed by atoms with Crippen LogP contribution in [-0.2, 0) is 61.6 Å². The predicted octanol–water partition coefficient (Wildman–Crippen LogP) is -8.58. The zero-order chi connectivity index (χ0) is 64.0. The van der Waals surface area contributed by atoms with Crippen LogP contribution in [0.2, 0.25) is 0 Å². The lowest BCUT2D eigenvalue weighted by Gasteiger charge is -2.69. The molecular weight excluding hydrogens is 1180 g/mol. The van der Waals surface area contributed by atoms with Crippen LogP contribution in [0.15, 0.2) is 12.2 Å². The number of hydrogen-bond donors (Lipinski definition) is 19. The molecule has 2 bridgehead atoms. The van der Waals surface area contributed by atoms with Gasteiger partial charge in [0.25, 0.3) is 0 Å². The van der Waals surface area contributed by atoms with E-state index in [-0.39, 0.29) is 5.92 Å². The van der Waals surface area contributed by atoms with E-state index in [0.717, 1.165) is 5.57 Å². The van der Waals surface area contributed by atoms with Gasteiger partial charge in [-0.25, -0.2) is 0 Å². The minimum atomic E-state index is -2.03. The first kappa shape index (κ1) is 68.9. The van der Waals surface area contributed by atoms with E-state index < -0.39 is 257 Å². The Morgan fingerprint density at radius 3 is 1.33 bits per heavy atom. The van der Waals surface area contributed by atoms with Crippen molar-refractivity contribution in [2.24, 2.45) is 34.0 Å². The fourth-order valence-electron chi connectivity index (χ4n) is 16.3. The zero-order valence-corrected chi connectivity index (χ0v) is 48.8. The van der Waals surface area contributed by atoms with Crippen molar-refractivity contribution in [3.63, 3.8) is 0 Å². The van der Waals surface area contributed by atoms with Gasteiger partial charge in [0, 0.05) is 5.92 Å². The van der Waals surface area contributed by atoms with Crippen molar-refractivity contribution < 1.29 is 159 Å². The molecular formula is C56H90O32. The number of carbonyl (C=O) groups is 1. The fraction of sp³-hybridized carbons (Fsp3) is 0.946. The Labute approximate surface area is 505 Å². The standard InChI is InChI=1S/C56H90O32/c1-18-11-56-9-6-27-54(3,7-5-8-55(27,4)53(76)88-52-46(86-47-39(72)35(68)29(62)19(2)77-47)44(34(67)26(17-61)83-52)85-49-41(74)37(70)31(64)23(14-58)80-49)28(56)10-20(18)21(12-56)78-51-45(87-50-42(75)38(71)32(65)24(15-59)81-50)43(33(66)25(16-60)82-51)84-48-40(73)36(69)30(63)22(13-57)79-48/h19-52,57-75H,1,5-17H2,2-4H3/t19?,20-,21?,22?,23?,24?,25?,26?,27-,28-,29?,30?,31?,32?,33?,34?,35?,36?,37?,38?,39?,40?,41?,42?,43?,44?,45?,46?,47?,48?,49?,50?,51?,52?,54+,55+,56+/m0/s1. The van der Waals surface area contributed by atoms with Crippen LogP contribution < -0.4 is 0 Å². The fourth-order valence-corrected chi connectivity index (χ4v) is 16.3. The second-order valence-corrected chi connectivity index (χ2v) is 26.4. The van der Waals surface area contributed by atoms with Gasteiger partial charge in [-0.15, -0.1) is 0 Å². The maximum atomic E-state index is 15.4. The molecule has 37 atom stereocenters. The van der Waals surface area contributed by atoms with Crippen molar-refractivity contribution in [2.45, 2.75) is 262 Å². The van der Waals surface area contributed by atoms with E-state index in [9.17, 15) is 97.0 Å². The Kier molecular flexibility index (Phi) is 21.1. The van der Waals surface area contributed by atoms with Crippen LogP contribution >= 0.6 is 0 Å². The molecule has 6 saturated heterocycles. The summed E-state index contributed by atoms with van der Waals surface area (Å²) in [5, 5.41) is 204. The molecule has 506 valence electrons. The van der Waals surface area contributed by atoms with E-state index >= 15 is 4.79 Å².